The molecule has 0 spiro atoms. The standard InChI is InChI=1S/2C19H20N2O4.2C9H18N2O4.C4H10O/c2*22-18(23)11-20-9-10-21-19(24)25-12-17-15-7-3-1-5-13(15)14-6-2-4-8-16(14)17;2*1-9(2,3)15-8(14)11-5-4-10-6-7(12)13;1-2-3-4-5/h2*1-8,17,20H,9-12H2,(H,21,24)(H,22,23);2*10H,4-6H2,1-3H3,(H,11,14)(H,12,13);5H,2-4H2,1H3. The number of aliphatic hydroxyl groups excluding tert-OH is 1. The molecule has 0 radical (unpaired) electrons. The topological polar surface area (TPSA) is 371 Å². The average molecular weight is 1190 g/mol. The van der Waals surface area contributed by atoms with Crippen LogP contribution in [-0.4, -0.2) is 183 Å². The molecule has 2 aliphatic rings. The second-order valence-electron chi connectivity index (χ2n) is 20.7. The number of hydrogen-bond donors (Lipinski definition) is 13. The minimum absolute atomic E-state index is 0.0308. The molecule has 4 aromatic carbocycles. The summed E-state index contributed by atoms with van der Waals surface area (Å²) >= 11 is 0. The highest BCUT2D eigenvalue weighted by molar-refractivity contribution is 5.80. The predicted octanol–water partition coefficient (Wildman–Crippen LogP) is 5.55. The Morgan fingerprint density at radius 3 is 0.859 bits per heavy atom. The van der Waals surface area contributed by atoms with Crippen molar-refractivity contribution in [2.75, 3.05) is 98.4 Å². The van der Waals surface area contributed by atoms with E-state index in [1.165, 1.54) is 44.5 Å². The molecule has 0 aromatic heterocycles. The summed E-state index contributed by atoms with van der Waals surface area (Å²) in [5.74, 6) is -3.65. The van der Waals surface area contributed by atoms with Gasteiger partial charge >= 0.3 is 48.3 Å². The normalized spacial score (nSPS) is 11.6. The zero-order valence-corrected chi connectivity index (χ0v) is 49.5. The van der Waals surface area contributed by atoms with E-state index in [1.54, 1.807) is 41.5 Å². The quantitative estimate of drug-likeness (QED) is 0.0271. The number of fused-ring (bicyclic) bond motifs is 6. The van der Waals surface area contributed by atoms with Crippen LogP contribution in [0.3, 0.4) is 0 Å². The minimum atomic E-state index is -0.929. The first-order valence-corrected chi connectivity index (χ1v) is 27.8. The van der Waals surface area contributed by atoms with Crippen LogP contribution in [0.5, 0.6) is 0 Å². The molecule has 0 bridgehead atoms. The fraction of sp³-hybridized carbons (Fsp3) is 0.467. The SMILES string of the molecule is CC(C)(C)OC(=O)NCCNCC(=O)O.CC(C)(C)OC(=O)NCCNCC(=O)O.CCCCO.O=C(O)CNCCNC(=O)OCC1c2ccccc2-c2ccccc21.O=C(O)CNCCNC(=O)OCC1c2ccccc2-c2ccccc21. The van der Waals surface area contributed by atoms with Crippen molar-refractivity contribution < 1.29 is 82.8 Å². The molecule has 0 unspecified atom stereocenters. The smallest absolute Gasteiger partial charge is 0.407 e. The van der Waals surface area contributed by atoms with Crippen LogP contribution in [0.1, 0.15) is 95.4 Å². The number of hydrogen-bond acceptors (Lipinski definition) is 17. The summed E-state index contributed by atoms with van der Waals surface area (Å²) in [5, 5.41) is 62.6. The number of carbonyl (C=O) groups is 8. The van der Waals surface area contributed by atoms with Gasteiger partial charge < -0.3 is 87.0 Å². The minimum Gasteiger partial charge on any atom is -0.480 e. The molecule has 85 heavy (non-hydrogen) atoms. The lowest BCUT2D eigenvalue weighted by molar-refractivity contribution is -0.136. The van der Waals surface area contributed by atoms with Crippen LogP contribution < -0.4 is 42.5 Å². The number of aliphatic carboxylic acids is 4. The zero-order valence-electron chi connectivity index (χ0n) is 49.5. The number of alkyl carbamates (subject to hydrolysis) is 4. The molecule has 0 fully saturated rings. The number of carboxylic acid groups (broad SMARTS) is 4. The maximum atomic E-state index is 11.8. The number of nitrogens with one attached hydrogen (secondary N) is 8. The Hall–Kier alpha value is -8.36. The Kier molecular flexibility index (Phi) is 34.2. The molecular weight excluding hydrogens is 1100 g/mol. The van der Waals surface area contributed by atoms with E-state index in [-0.39, 0.29) is 51.2 Å². The van der Waals surface area contributed by atoms with Gasteiger partial charge in [-0.3, -0.25) is 19.2 Å². The number of unbranched alkanes of at least 4 members (excludes halogenated alkanes) is 1. The van der Waals surface area contributed by atoms with Crippen molar-refractivity contribution in [3.8, 4) is 22.3 Å². The maximum Gasteiger partial charge on any atom is 0.407 e. The average Bonchev–Trinajstić information content (AvgIpc) is 1.82. The fourth-order valence-electron chi connectivity index (χ4n) is 7.88. The molecule has 0 aliphatic heterocycles. The van der Waals surface area contributed by atoms with Crippen LogP contribution in [0.4, 0.5) is 19.2 Å². The van der Waals surface area contributed by atoms with E-state index in [1.807, 2.05) is 48.5 Å². The van der Waals surface area contributed by atoms with Gasteiger partial charge in [0, 0.05) is 70.8 Å². The monoisotopic (exact) mass is 1190 g/mol. The van der Waals surface area contributed by atoms with Crippen molar-refractivity contribution in [1.29, 1.82) is 0 Å². The lowest BCUT2D eigenvalue weighted by Crippen LogP contribution is -2.37. The summed E-state index contributed by atoms with van der Waals surface area (Å²) in [6, 6.07) is 32.6. The van der Waals surface area contributed by atoms with E-state index < -0.39 is 59.5 Å². The Bertz CT molecular complexity index is 2440. The Morgan fingerprint density at radius 2 is 0.647 bits per heavy atom. The molecule has 0 saturated heterocycles. The largest absolute Gasteiger partial charge is 0.480 e. The van der Waals surface area contributed by atoms with Crippen molar-refractivity contribution in [3.05, 3.63) is 119 Å². The van der Waals surface area contributed by atoms with Gasteiger partial charge in [-0.05, 0) is 92.5 Å². The molecule has 4 amide bonds. The number of benzene rings is 4. The van der Waals surface area contributed by atoms with Crippen LogP contribution in [0.2, 0.25) is 0 Å². The second kappa shape index (κ2) is 40.0. The van der Waals surface area contributed by atoms with Gasteiger partial charge in [0.1, 0.15) is 24.4 Å². The van der Waals surface area contributed by atoms with Gasteiger partial charge in [-0.25, -0.2) is 19.2 Å². The van der Waals surface area contributed by atoms with Crippen molar-refractivity contribution in [3.63, 3.8) is 0 Å². The molecule has 4 aromatic rings. The van der Waals surface area contributed by atoms with Crippen molar-refractivity contribution in [1.82, 2.24) is 42.5 Å². The van der Waals surface area contributed by atoms with E-state index in [2.05, 4.69) is 98.0 Å². The molecule has 0 heterocycles. The Labute approximate surface area is 496 Å². The summed E-state index contributed by atoms with van der Waals surface area (Å²) in [4.78, 5) is 86.8. The molecule has 13 N–H and O–H groups in total. The zero-order chi connectivity index (χ0) is 63.2. The summed E-state index contributed by atoms with van der Waals surface area (Å²) in [5.41, 5.74) is 8.38. The number of carboxylic acids is 4. The van der Waals surface area contributed by atoms with Gasteiger partial charge in [-0.2, -0.15) is 0 Å². The molecule has 0 saturated carbocycles. The van der Waals surface area contributed by atoms with Crippen molar-refractivity contribution in [2.24, 2.45) is 0 Å². The molecule has 6 rings (SSSR count). The van der Waals surface area contributed by atoms with Gasteiger partial charge in [-0.15, -0.1) is 0 Å². The van der Waals surface area contributed by atoms with Gasteiger partial charge in [-0.1, -0.05) is 110 Å². The Balaban J connectivity index is 0.000000387. The third kappa shape index (κ3) is 31.8. The van der Waals surface area contributed by atoms with Gasteiger partial charge in [0.25, 0.3) is 0 Å². The lowest BCUT2D eigenvalue weighted by atomic mass is 9.98. The first-order chi connectivity index (χ1) is 40.4. The number of carbonyl (C=O) groups excluding carboxylic acids is 4. The molecule has 25 nitrogen and oxygen atoms in total. The van der Waals surface area contributed by atoms with E-state index in [0.717, 1.165) is 12.8 Å². The third-order valence-electron chi connectivity index (χ3n) is 11.4. The molecule has 468 valence electrons. The number of ether oxygens (including phenoxy) is 4. The van der Waals surface area contributed by atoms with Crippen LogP contribution >= 0.6 is 0 Å². The summed E-state index contributed by atoms with van der Waals surface area (Å²) in [6.45, 7) is 15.9. The van der Waals surface area contributed by atoms with Gasteiger partial charge in [0.15, 0.2) is 0 Å². The summed E-state index contributed by atoms with van der Waals surface area (Å²) < 4.78 is 20.7. The summed E-state index contributed by atoms with van der Waals surface area (Å²) in [7, 11) is 0. The first kappa shape index (κ1) is 72.7. The fourth-order valence-corrected chi connectivity index (χ4v) is 7.88. The van der Waals surface area contributed by atoms with Gasteiger partial charge in [0.2, 0.25) is 0 Å². The third-order valence-corrected chi connectivity index (χ3v) is 11.4. The molecular formula is C60H86N8O17. The van der Waals surface area contributed by atoms with Crippen molar-refractivity contribution in [2.45, 2.75) is 84.3 Å². The highest BCUT2D eigenvalue weighted by Gasteiger charge is 2.30. The van der Waals surface area contributed by atoms with Crippen LogP contribution in [0.15, 0.2) is 97.1 Å². The Morgan fingerprint density at radius 1 is 0.400 bits per heavy atom. The number of aliphatic hydroxyl groups is 1. The highest BCUT2D eigenvalue weighted by atomic mass is 16.6. The van der Waals surface area contributed by atoms with Gasteiger partial charge in [0.05, 0.1) is 26.2 Å². The van der Waals surface area contributed by atoms with E-state index in [0.29, 0.717) is 59.0 Å². The first-order valence-electron chi connectivity index (χ1n) is 27.8. The van der Waals surface area contributed by atoms with E-state index in [9.17, 15) is 38.4 Å². The van der Waals surface area contributed by atoms with Crippen molar-refractivity contribution >= 4 is 48.3 Å². The van der Waals surface area contributed by atoms with E-state index >= 15 is 0 Å². The maximum absolute atomic E-state index is 11.8. The number of amides is 4. The van der Waals surface area contributed by atoms with Crippen LogP contribution in [0.25, 0.3) is 22.3 Å². The highest BCUT2D eigenvalue weighted by Crippen LogP contribution is 2.45. The summed E-state index contributed by atoms with van der Waals surface area (Å²) in [6.07, 6.45) is 0.0356. The second-order valence-corrected chi connectivity index (χ2v) is 20.7. The predicted molar refractivity (Wildman–Crippen MR) is 319 cm³/mol. The van der Waals surface area contributed by atoms with Crippen LogP contribution in [0, 0.1) is 0 Å². The lowest BCUT2D eigenvalue weighted by Gasteiger charge is -2.19. The van der Waals surface area contributed by atoms with Crippen LogP contribution in [-0.2, 0) is 38.1 Å². The molecule has 25 heteroatoms. The molecule has 0 atom stereocenters. The molecule has 2 aliphatic carbocycles. The number of rotatable bonds is 26. The van der Waals surface area contributed by atoms with E-state index in [4.69, 9.17) is 44.5 Å².